The van der Waals surface area contributed by atoms with E-state index < -0.39 is 23.8 Å². The molecule has 380 valence electrons. The molecule has 0 fully saturated rings. The maximum Gasteiger partial charge on any atom is 0.305 e. The average molecular weight is 926 g/mol. The van der Waals surface area contributed by atoms with Crippen molar-refractivity contribution in [3.05, 3.63) is 0 Å². The number of carbonyl (C=O) groups excluding carboxylic acids is 6. The van der Waals surface area contributed by atoms with Crippen LogP contribution in [0.2, 0.25) is 0 Å². The molecular weight excluding hydrogens is 831 g/mol. The van der Waals surface area contributed by atoms with E-state index in [2.05, 4.69) is 33.0 Å². The molecule has 0 aromatic carbocycles. The van der Waals surface area contributed by atoms with Gasteiger partial charge in [-0.1, -0.05) is 156 Å². The van der Waals surface area contributed by atoms with Gasteiger partial charge in [-0.15, -0.1) is 0 Å². The van der Waals surface area contributed by atoms with Gasteiger partial charge in [0.15, 0.2) is 0 Å². The van der Waals surface area contributed by atoms with E-state index in [0.29, 0.717) is 51.6 Å². The summed E-state index contributed by atoms with van der Waals surface area (Å²) >= 11 is 0. The summed E-state index contributed by atoms with van der Waals surface area (Å²) in [5.74, 6) is -2.90. The van der Waals surface area contributed by atoms with Crippen LogP contribution in [0, 0.1) is 11.8 Å². The Balaban J connectivity index is 4.65. The molecule has 0 aliphatic heterocycles. The second-order valence-corrected chi connectivity index (χ2v) is 17.9. The fraction of sp³-hybridized carbons (Fsp3) is 0.885. The van der Waals surface area contributed by atoms with Crippen LogP contribution in [-0.2, 0) is 57.2 Å². The molecule has 0 aliphatic carbocycles. The summed E-state index contributed by atoms with van der Waals surface area (Å²) in [5.41, 5.74) is 0. The zero-order valence-corrected chi connectivity index (χ0v) is 41.8. The number of hydrogen-bond acceptors (Lipinski definition) is 13. The summed E-state index contributed by atoms with van der Waals surface area (Å²) in [6, 6.07) is 0. The quantitative estimate of drug-likeness (QED) is 0.0348. The maximum atomic E-state index is 12.6. The zero-order valence-electron chi connectivity index (χ0n) is 41.8. The van der Waals surface area contributed by atoms with Gasteiger partial charge in [-0.2, -0.15) is 0 Å². The van der Waals surface area contributed by atoms with Crippen molar-refractivity contribution >= 4 is 35.8 Å². The highest BCUT2D eigenvalue weighted by Gasteiger charge is 2.19. The minimum absolute atomic E-state index is 0.0103. The second kappa shape index (κ2) is 47.3. The standard InChI is InChI=1S/C52H95NO12/c1-5-9-13-17-21-25-31-47(54)60-39-45(40-61-48(55)32-26-22-18-14-10-6-2)43-64-51(58)35-29-37-53-38-30-36-52(59)65-44-46(41-62-49(56)33-27-23-19-15-11-7-3)42-63-50(57)34-28-24-20-16-12-8-4/h45-46,53H,5-44H2,1-4H3. The predicted molar refractivity (Wildman–Crippen MR) is 256 cm³/mol. The van der Waals surface area contributed by atoms with Crippen molar-refractivity contribution in [2.75, 3.05) is 52.7 Å². The monoisotopic (exact) mass is 926 g/mol. The average Bonchev–Trinajstić information content (AvgIpc) is 3.29. The Labute approximate surface area is 395 Å². The largest absolute Gasteiger partial charge is 0.465 e. The molecule has 0 radical (unpaired) electrons. The summed E-state index contributed by atoms with van der Waals surface area (Å²) in [4.78, 5) is 74.8. The van der Waals surface area contributed by atoms with Crippen LogP contribution in [0.25, 0.3) is 0 Å². The van der Waals surface area contributed by atoms with Crippen LogP contribution in [0.1, 0.15) is 233 Å². The summed E-state index contributed by atoms with van der Waals surface area (Å²) < 4.78 is 33.0. The second-order valence-electron chi connectivity index (χ2n) is 17.9. The maximum absolute atomic E-state index is 12.6. The Kier molecular flexibility index (Phi) is 44.9. The lowest BCUT2D eigenvalue weighted by molar-refractivity contribution is -0.156. The lowest BCUT2D eigenvalue weighted by Crippen LogP contribution is -2.27. The van der Waals surface area contributed by atoms with E-state index in [1.165, 1.54) is 77.0 Å². The molecule has 13 heteroatoms. The number of carbonyl (C=O) groups is 6. The number of esters is 6. The van der Waals surface area contributed by atoms with Gasteiger partial charge >= 0.3 is 35.8 Å². The van der Waals surface area contributed by atoms with Crippen molar-refractivity contribution < 1.29 is 57.2 Å². The first kappa shape index (κ1) is 61.8. The van der Waals surface area contributed by atoms with E-state index in [1.807, 2.05) is 0 Å². The van der Waals surface area contributed by atoms with Crippen molar-refractivity contribution in [2.24, 2.45) is 11.8 Å². The number of ether oxygens (including phenoxy) is 6. The lowest BCUT2D eigenvalue weighted by Gasteiger charge is -2.18. The topological polar surface area (TPSA) is 170 Å². The Morgan fingerprint density at radius 3 is 0.677 bits per heavy atom. The molecule has 0 bridgehead atoms. The van der Waals surface area contributed by atoms with E-state index in [0.717, 1.165) is 77.0 Å². The number of rotatable bonds is 48. The molecule has 0 unspecified atom stereocenters. The molecule has 0 aliphatic rings. The van der Waals surface area contributed by atoms with Crippen molar-refractivity contribution in [2.45, 2.75) is 233 Å². The normalized spacial score (nSPS) is 11.2. The van der Waals surface area contributed by atoms with E-state index >= 15 is 0 Å². The first-order valence-electron chi connectivity index (χ1n) is 26.3. The third-order valence-electron chi connectivity index (χ3n) is 11.3. The highest BCUT2D eigenvalue weighted by molar-refractivity contribution is 5.71. The van der Waals surface area contributed by atoms with Gasteiger partial charge in [-0.25, -0.2) is 0 Å². The molecule has 0 heterocycles. The van der Waals surface area contributed by atoms with Gasteiger partial charge < -0.3 is 33.7 Å². The molecule has 65 heavy (non-hydrogen) atoms. The number of nitrogens with one attached hydrogen (secondary N) is 1. The first-order chi connectivity index (χ1) is 31.6. The smallest absolute Gasteiger partial charge is 0.305 e. The van der Waals surface area contributed by atoms with E-state index in [4.69, 9.17) is 28.4 Å². The Hall–Kier alpha value is -3.22. The summed E-state index contributed by atoms with van der Waals surface area (Å²) in [7, 11) is 0. The molecule has 1 N–H and O–H groups in total. The van der Waals surface area contributed by atoms with Gasteiger partial charge in [-0.3, -0.25) is 28.8 Å². The molecule has 0 saturated heterocycles. The van der Waals surface area contributed by atoms with Gasteiger partial charge in [0, 0.05) is 38.5 Å². The van der Waals surface area contributed by atoms with E-state index in [9.17, 15) is 28.8 Å². The summed E-state index contributed by atoms with van der Waals surface area (Å²) in [6.45, 7) is 9.75. The van der Waals surface area contributed by atoms with Crippen LogP contribution in [0.3, 0.4) is 0 Å². The van der Waals surface area contributed by atoms with Crippen molar-refractivity contribution in [3.8, 4) is 0 Å². The highest BCUT2D eigenvalue weighted by atomic mass is 16.6. The Morgan fingerprint density at radius 2 is 0.462 bits per heavy atom. The third kappa shape index (κ3) is 44.4. The molecule has 0 amide bonds. The minimum atomic E-state index is -0.455. The summed E-state index contributed by atoms with van der Waals surface area (Å²) in [6.07, 6.45) is 28.3. The molecule has 0 rings (SSSR count). The van der Waals surface area contributed by atoms with Gasteiger partial charge in [0.1, 0.15) is 39.6 Å². The fourth-order valence-electron chi connectivity index (χ4n) is 7.03. The van der Waals surface area contributed by atoms with Crippen molar-refractivity contribution in [1.29, 1.82) is 0 Å². The SMILES string of the molecule is CCCCCCCCC(=O)OCC(COC(=O)CCCCCCCC)COC(=O)CCCNCCCC(=O)OCC(COC(=O)CCCCCCCC)COC(=O)CCCCCCCC. The highest BCUT2D eigenvalue weighted by Crippen LogP contribution is 2.13. The van der Waals surface area contributed by atoms with Gasteiger partial charge in [0.05, 0.1) is 11.8 Å². The van der Waals surface area contributed by atoms with Gasteiger partial charge in [0.2, 0.25) is 0 Å². The predicted octanol–water partition coefficient (Wildman–Crippen LogP) is 11.6. The van der Waals surface area contributed by atoms with E-state index in [1.54, 1.807) is 0 Å². The van der Waals surface area contributed by atoms with Crippen molar-refractivity contribution in [3.63, 3.8) is 0 Å². The van der Waals surface area contributed by atoms with Gasteiger partial charge in [0.25, 0.3) is 0 Å². The van der Waals surface area contributed by atoms with Crippen LogP contribution in [0.15, 0.2) is 0 Å². The van der Waals surface area contributed by atoms with Crippen LogP contribution >= 0.6 is 0 Å². The molecule has 0 atom stereocenters. The van der Waals surface area contributed by atoms with Crippen LogP contribution in [0.4, 0.5) is 0 Å². The first-order valence-corrected chi connectivity index (χ1v) is 26.3. The molecular formula is C52H95NO12. The van der Waals surface area contributed by atoms with Crippen LogP contribution < -0.4 is 5.32 Å². The van der Waals surface area contributed by atoms with E-state index in [-0.39, 0.29) is 76.4 Å². The molecule has 0 aromatic rings. The fourth-order valence-corrected chi connectivity index (χ4v) is 7.03. The number of hydrogen-bond donors (Lipinski definition) is 1. The number of unbranched alkanes of at least 4 members (excludes halogenated alkanes) is 20. The Morgan fingerprint density at radius 1 is 0.277 bits per heavy atom. The molecule has 0 spiro atoms. The van der Waals surface area contributed by atoms with Crippen LogP contribution in [-0.4, -0.2) is 88.5 Å². The lowest BCUT2D eigenvalue weighted by atomic mass is 10.1. The minimum Gasteiger partial charge on any atom is -0.465 e. The summed E-state index contributed by atoms with van der Waals surface area (Å²) in [5, 5.41) is 3.23. The molecule has 0 aromatic heterocycles. The van der Waals surface area contributed by atoms with Crippen LogP contribution in [0.5, 0.6) is 0 Å². The Bertz CT molecular complexity index is 1030. The van der Waals surface area contributed by atoms with Gasteiger partial charge in [-0.05, 0) is 51.6 Å². The zero-order chi connectivity index (χ0) is 47.9. The molecule has 13 nitrogen and oxygen atoms in total. The molecule has 0 saturated carbocycles. The van der Waals surface area contributed by atoms with Crippen molar-refractivity contribution in [1.82, 2.24) is 5.32 Å². The third-order valence-corrected chi connectivity index (χ3v) is 11.3.